The average molecular weight is 421 g/mol. The fourth-order valence-electron chi connectivity index (χ4n) is 2.57. The molecule has 0 saturated carbocycles. The number of nitrogens with zero attached hydrogens (tertiary/aromatic N) is 2. The molecule has 152 valence electrons. The highest BCUT2D eigenvalue weighted by molar-refractivity contribution is 7.09. The normalized spacial score (nSPS) is 12.4. The standard InChI is InChI=1S/C20H18F3N3O2S/c1-12(17-7-6-16(9-24-17)28-11-20(21,22)23)25-19(27)15-5-3-4-14(8-15)18-10-29-13(2)26-18/h3-10,12H,11H2,1-2H3,(H,25,27)/t12-/m1/s1. The van der Waals surface area contributed by atoms with E-state index in [1.807, 2.05) is 18.4 Å². The van der Waals surface area contributed by atoms with E-state index >= 15 is 0 Å². The summed E-state index contributed by atoms with van der Waals surface area (Å²) in [6.45, 7) is 2.28. The molecule has 0 aliphatic heterocycles. The number of hydrogen-bond donors (Lipinski definition) is 1. The monoisotopic (exact) mass is 421 g/mol. The number of carbonyl (C=O) groups is 1. The minimum atomic E-state index is -4.41. The molecule has 5 nitrogen and oxygen atoms in total. The average Bonchev–Trinajstić information content (AvgIpc) is 3.12. The van der Waals surface area contributed by atoms with Gasteiger partial charge in [0.2, 0.25) is 0 Å². The van der Waals surface area contributed by atoms with Crippen LogP contribution in [0.15, 0.2) is 48.0 Å². The van der Waals surface area contributed by atoms with Gasteiger partial charge in [0.15, 0.2) is 6.61 Å². The van der Waals surface area contributed by atoms with Crippen LogP contribution in [0.2, 0.25) is 0 Å². The van der Waals surface area contributed by atoms with Crippen LogP contribution in [-0.4, -0.2) is 28.7 Å². The van der Waals surface area contributed by atoms with Crippen LogP contribution in [0.4, 0.5) is 13.2 Å². The van der Waals surface area contributed by atoms with Crippen LogP contribution in [0.3, 0.4) is 0 Å². The molecule has 1 N–H and O–H groups in total. The van der Waals surface area contributed by atoms with E-state index in [9.17, 15) is 18.0 Å². The predicted octanol–water partition coefficient (Wildman–Crippen LogP) is 4.95. The fourth-order valence-corrected chi connectivity index (χ4v) is 3.19. The maximum atomic E-state index is 12.6. The molecule has 29 heavy (non-hydrogen) atoms. The molecule has 1 atom stereocenters. The molecule has 1 aromatic carbocycles. The Morgan fingerprint density at radius 1 is 1.28 bits per heavy atom. The van der Waals surface area contributed by atoms with E-state index in [1.165, 1.54) is 29.7 Å². The highest BCUT2D eigenvalue weighted by atomic mass is 32.1. The molecular weight excluding hydrogens is 403 g/mol. The highest BCUT2D eigenvalue weighted by Gasteiger charge is 2.28. The zero-order valence-electron chi connectivity index (χ0n) is 15.7. The zero-order valence-corrected chi connectivity index (χ0v) is 16.5. The van der Waals surface area contributed by atoms with Gasteiger partial charge in [0.25, 0.3) is 5.91 Å². The van der Waals surface area contributed by atoms with Crippen molar-refractivity contribution in [1.29, 1.82) is 0 Å². The van der Waals surface area contributed by atoms with Crippen LogP contribution in [0.25, 0.3) is 11.3 Å². The summed E-state index contributed by atoms with van der Waals surface area (Å²) in [5.41, 5.74) is 2.64. The Kier molecular flexibility index (Phi) is 6.17. The van der Waals surface area contributed by atoms with Crippen LogP contribution >= 0.6 is 11.3 Å². The lowest BCUT2D eigenvalue weighted by molar-refractivity contribution is -0.153. The molecule has 0 aliphatic carbocycles. The first kappa shape index (κ1) is 20.8. The van der Waals surface area contributed by atoms with Crippen molar-refractivity contribution < 1.29 is 22.7 Å². The van der Waals surface area contributed by atoms with Gasteiger partial charge in [-0.15, -0.1) is 11.3 Å². The van der Waals surface area contributed by atoms with Crippen LogP contribution in [0.1, 0.15) is 34.0 Å². The lowest BCUT2D eigenvalue weighted by atomic mass is 10.1. The van der Waals surface area contributed by atoms with Gasteiger partial charge < -0.3 is 10.1 Å². The van der Waals surface area contributed by atoms with Crippen molar-refractivity contribution in [3.63, 3.8) is 0 Å². The number of rotatable bonds is 6. The number of carbonyl (C=O) groups excluding carboxylic acids is 1. The third-order valence-corrected chi connectivity index (χ3v) is 4.77. The summed E-state index contributed by atoms with van der Waals surface area (Å²) >= 11 is 1.53. The number of nitrogens with one attached hydrogen (secondary N) is 1. The van der Waals surface area contributed by atoms with E-state index in [2.05, 4.69) is 20.0 Å². The third kappa shape index (κ3) is 5.77. The summed E-state index contributed by atoms with van der Waals surface area (Å²) < 4.78 is 41.2. The van der Waals surface area contributed by atoms with Gasteiger partial charge in [-0.1, -0.05) is 12.1 Å². The number of aromatic nitrogens is 2. The van der Waals surface area contributed by atoms with E-state index < -0.39 is 18.8 Å². The van der Waals surface area contributed by atoms with Crippen LogP contribution in [-0.2, 0) is 0 Å². The molecule has 9 heteroatoms. The van der Waals surface area contributed by atoms with Crippen molar-refractivity contribution in [2.24, 2.45) is 0 Å². The minimum Gasteiger partial charge on any atom is -0.483 e. The van der Waals surface area contributed by atoms with Gasteiger partial charge >= 0.3 is 6.18 Å². The van der Waals surface area contributed by atoms with E-state index in [-0.39, 0.29) is 11.7 Å². The number of alkyl halides is 3. The van der Waals surface area contributed by atoms with Gasteiger partial charge in [0.05, 0.1) is 28.6 Å². The van der Waals surface area contributed by atoms with Gasteiger partial charge in [-0.05, 0) is 38.1 Å². The number of hydrogen-bond acceptors (Lipinski definition) is 5. The molecule has 3 aromatic rings. The Hall–Kier alpha value is -2.94. The van der Waals surface area contributed by atoms with Crippen LogP contribution < -0.4 is 10.1 Å². The number of pyridine rings is 1. The Morgan fingerprint density at radius 3 is 2.69 bits per heavy atom. The van der Waals surface area contributed by atoms with E-state index in [1.54, 1.807) is 25.1 Å². The van der Waals surface area contributed by atoms with Gasteiger partial charge in [-0.3, -0.25) is 9.78 Å². The van der Waals surface area contributed by atoms with Crippen molar-refractivity contribution >= 4 is 17.2 Å². The molecule has 2 aromatic heterocycles. The van der Waals surface area contributed by atoms with Crippen LogP contribution in [0.5, 0.6) is 5.75 Å². The van der Waals surface area contributed by atoms with E-state index in [0.29, 0.717) is 11.3 Å². The lowest BCUT2D eigenvalue weighted by Gasteiger charge is -2.15. The summed E-state index contributed by atoms with van der Waals surface area (Å²) in [4.78, 5) is 21.1. The number of amides is 1. The van der Waals surface area contributed by atoms with Gasteiger partial charge in [0.1, 0.15) is 5.75 Å². The molecule has 0 saturated heterocycles. The highest BCUT2D eigenvalue weighted by Crippen LogP contribution is 2.23. The Bertz CT molecular complexity index is 987. The van der Waals surface area contributed by atoms with Crippen molar-refractivity contribution in [3.05, 3.63) is 64.2 Å². The molecule has 0 spiro atoms. The Balaban J connectivity index is 1.64. The van der Waals surface area contributed by atoms with Crippen molar-refractivity contribution in [3.8, 4) is 17.0 Å². The molecule has 2 heterocycles. The first-order valence-corrected chi connectivity index (χ1v) is 9.58. The molecule has 0 aliphatic rings. The summed E-state index contributed by atoms with van der Waals surface area (Å²) in [5, 5.41) is 5.71. The summed E-state index contributed by atoms with van der Waals surface area (Å²) in [5.74, 6) is -0.277. The minimum absolute atomic E-state index is 0.0101. The van der Waals surface area contributed by atoms with E-state index in [0.717, 1.165) is 16.3 Å². The summed E-state index contributed by atoms with van der Waals surface area (Å²) in [6.07, 6.45) is -3.21. The second-order valence-electron chi connectivity index (χ2n) is 6.35. The Labute approximate surface area is 169 Å². The maximum absolute atomic E-state index is 12.6. The number of halogens is 3. The van der Waals surface area contributed by atoms with Crippen molar-refractivity contribution in [2.75, 3.05) is 6.61 Å². The molecule has 1 amide bonds. The van der Waals surface area contributed by atoms with Crippen LogP contribution in [0, 0.1) is 6.92 Å². The fraction of sp³-hybridized carbons (Fsp3) is 0.250. The predicted molar refractivity (Wildman–Crippen MR) is 104 cm³/mol. The third-order valence-electron chi connectivity index (χ3n) is 3.99. The molecule has 0 bridgehead atoms. The lowest BCUT2D eigenvalue weighted by Crippen LogP contribution is -2.27. The molecule has 0 fully saturated rings. The SMILES string of the molecule is Cc1nc(-c2cccc(C(=O)N[C@H](C)c3ccc(OCC(F)(F)F)cn3)c2)cs1. The zero-order chi connectivity index (χ0) is 21.0. The Morgan fingerprint density at radius 2 is 2.07 bits per heavy atom. The molecule has 0 unspecified atom stereocenters. The molecular formula is C20H18F3N3O2S. The maximum Gasteiger partial charge on any atom is 0.422 e. The largest absolute Gasteiger partial charge is 0.483 e. The molecule has 3 rings (SSSR count). The van der Waals surface area contributed by atoms with Crippen molar-refractivity contribution in [2.45, 2.75) is 26.1 Å². The number of benzene rings is 1. The molecule has 0 radical (unpaired) electrons. The quantitative estimate of drug-likeness (QED) is 0.612. The number of thiazole rings is 1. The number of ether oxygens (including phenoxy) is 1. The van der Waals surface area contributed by atoms with Gasteiger partial charge in [-0.2, -0.15) is 13.2 Å². The summed E-state index contributed by atoms with van der Waals surface area (Å²) in [6, 6.07) is 9.60. The second kappa shape index (κ2) is 8.60. The topological polar surface area (TPSA) is 64.1 Å². The summed E-state index contributed by atoms with van der Waals surface area (Å²) in [7, 11) is 0. The smallest absolute Gasteiger partial charge is 0.422 e. The van der Waals surface area contributed by atoms with E-state index in [4.69, 9.17) is 0 Å². The number of aryl methyl sites for hydroxylation is 1. The van der Waals surface area contributed by atoms with Gasteiger partial charge in [0, 0.05) is 16.5 Å². The second-order valence-corrected chi connectivity index (χ2v) is 7.41. The van der Waals surface area contributed by atoms with Gasteiger partial charge in [-0.25, -0.2) is 4.98 Å². The first-order chi connectivity index (χ1) is 13.7. The van der Waals surface area contributed by atoms with Crippen molar-refractivity contribution in [1.82, 2.24) is 15.3 Å². The first-order valence-electron chi connectivity index (χ1n) is 8.70.